The molecule has 2 aromatic rings. The van der Waals surface area contributed by atoms with Crippen molar-refractivity contribution < 1.29 is 0 Å². The monoisotopic (exact) mass is 538 g/mol. The zero-order valence-electron chi connectivity index (χ0n) is 17.3. The van der Waals surface area contributed by atoms with Crippen LogP contribution < -0.4 is 7.16 Å². The van der Waals surface area contributed by atoms with Gasteiger partial charge in [-0.2, -0.15) is 0 Å². The van der Waals surface area contributed by atoms with E-state index < -0.39 is 36.8 Å². The fourth-order valence-electron chi connectivity index (χ4n) is 4.20. The van der Waals surface area contributed by atoms with E-state index in [1.807, 2.05) is 0 Å². The van der Waals surface area contributed by atoms with Crippen LogP contribution in [-0.2, 0) is 0 Å². The van der Waals surface area contributed by atoms with Gasteiger partial charge < -0.3 is 0 Å². The van der Waals surface area contributed by atoms with Crippen LogP contribution in [0.2, 0.25) is 29.6 Å². The second-order valence-corrected chi connectivity index (χ2v) is 37.9. The van der Waals surface area contributed by atoms with Crippen molar-refractivity contribution in [2.24, 2.45) is 0 Å². The van der Waals surface area contributed by atoms with Crippen molar-refractivity contribution >= 4 is 43.9 Å². The van der Waals surface area contributed by atoms with E-state index in [1.54, 1.807) is 18.3 Å². The summed E-state index contributed by atoms with van der Waals surface area (Å²) in [6, 6.07) is 9.38. The van der Waals surface area contributed by atoms with E-state index in [4.69, 9.17) is 0 Å². The number of hydrogen-bond donors (Lipinski definition) is 0. The third-order valence-electron chi connectivity index (χ3n) is 4.99. The van der Waals surface area contributed by atoms with Crippen molar-refractivity contribution in [1.29, 1.82) is 0 Å². The predicted molar refractivity (Wildman–Crippen MR) is 117 cm³/mol. The summed E-state index contributed by atoms with van der Waals surface area (Å²) in [7, 11) is 0. The Labute approximate surface area is 157 Å². The Morgan fingerprint density at radius 2 is 0.708 bits per heavy atom. The Hall–Kier alpha value is 0.0374. The van der Waals surface area contributed by atoms with E-state index in [2.05, 4.69) is 81.6 Å². The number of hydrogen-bond acceptors (Lipinski definition) is 0. The van der Waals surface area contributed by atoms with Gasteiger partial charge in [0.25, 0.3) is 0 Å². The van der Waals surface area contributed by atoms with Crippen LogP contribution in [0.25, 0.3) is 11.1 Å². The van der Waals surface area contributed by atoms with E-state index >= 15 is 0 Å². The van der Waals surface area contributed by atoms with Crippen LogP contribution in [0.4, 0.5) is 0 Å². The van der Waals surface area contributed by atoms with Crippen LogP contribution in [0.1, 0.15) is 22.3 Å². The van der Waals surface area contributed by atoms with Crippen LogP contribution >= 0.6 is 0 Å². The number of aryl methyl sites for hydroxylation is 4. The van der Waals surface area contributed by atoms with E-state index in [9.17, 15) is 0 Å². The molecule has 0 saturated carbocycles. The molecule has 0 saturated heterocycles. The number of benzene rings is 2. The Kier molecular flexibility index (Phi) is 5.92. The summed E-state index contributed by atoms with van der Waals surface area (Å²) >= 11 is -4.49. The first kappa shape index (κ1) is 20.4. The van der Waals surface area contributed by atoms with Gasteiger partial charge in [0.2, 0.25) is 0 Å². The van der Waals surface area contributed by atoms with Crippen molar-refractivity contribution in [2.45, 2.75) is 57.3 Å². The topological polar surface area (TPSA) is 0 Å². The first-order valence-corrected chi connectivity index (χ1v) is 29.1. The predicted octanol–water partition coefficient (Wildman–Crippen LogP) is 5.68. The molecule has 0 nitrogen and oxygen atoms in total. The molecule has 0 atom stereocenters. The maximum atomic E-state index is 2.56. The zero-order valence-corrected chi connectivity index (χ0v) is 23.0. The Bertz CT molecular complexity index is 705. The average molecular weight is 536 g/mol. The normalized spacial score (nSPS) is 12.6. The Morgan fingerprint density at radius 1 is 0.458 bits per heavy atom. The summed E-state index contributed by atoms with van der Waals surface area (Å²) in [5.41, 5.74) is 9.15. The maximum absolute atomic E-state index is 2.56. The molecule has 0 amide bonds. The summed E-state index contributed by atoms with van der Waals surface area (Å²) < 4.78 is 3.46. The molecular formula is C22H34Sn2. The third-order valence-corrected chi connectivity index (χ3v) is 17.2. The van der Waals surface area contributed by atoms with Gasteiger partial charge in [0.15, 0.2) is 0 Å². The average Bonchev–Trinajstić information content (AvgIpc) is 2.41. The van der Waals surface area contributed by atoms with Crippen LogP contribution in [0.15, 0.2) is 24.3 Å². The van der Waals surface area contributed by atoms with Gasteiger partial charge >= 0.3 is 159 Å². The van der Waals surface area contributed by atoms with E-state index in [-0.39, 0.29) is 0 Å². The minimum absolute atomic E-state index is 1.47. The molecule has 0 aliphatic rings. The van der Waals surface area contributed by atoms with Crippen molar-refractivity contribution in [3.63, 3.8) is 0 Å². The second kappa shape index (κ2) is 6.98. The molecule has 0 spiro atoms. The second-order valence-electron chi connectivity index (χ2n) is 9.40. The van der Waals surface area contributed by atoms with E-state index in [1.165, 1.54) is 22.3 Å². The van der Waals surface area contributed by atoms with Crippen molar-refractivity contribution in [2.75, 3.05) is 0 Å². The van der Waals surface area contributed by atoms with Gasteiger partial charge in [0.1, 0.15) is 0 Å². The molecule has 2 rings (SSSR count). The molecule has 0 aliphatic carbocycles. The molecule has 2 heteroatoms. The zero-order chi connectivity index (χ0) is 18.4. The van der Waals surface area contributed by atoms with Gasteiger partial charge in [-0.3, -0.25) is 0 Å². The van der Waals surface area contributed by atoms with Crippen molar-refractivity contribution in [3.8, 4) is 11.1 Å². The molecule has 0 unspecified atom stereocenters. The molecule has 0 radical (unpaired) electrons. The van der Waals surface area contributed by atoms with Gasteiger partial charge in [-0.05, 0) is 0 Å². The quantitative estimate of drug-likeness (QED) is 0.444. The third kappa shape index (κ3) is 3.90. The minimum atomic E-state index is -2.24. The van der Waals surface area contributed by atoms with Gasteiger partial charge in [-0.25, -0.2) is 0 Å². The summed E-state index contributed by atoms with van der Waals surface area (Å²) in [6.07, 6.45) is 0. The standard InChI is InChI=1S/C16H16.6CH3.2Sn/c1-11-5-7-13(3)15(9-11)16-10-12(2)6-8-14(16)4;;;;;;;;/h5-8H,1-4H3;6*1H3;;. The number of rotatable bonds is 3. The molecular weight excluding hydrogens is 502 g/mol. The molecule has 2 aromatic carbocycles. The van der Waals surface area contributed by atoms with Crippen LogP contribution in [0.3, 0.4) is 0 Å². The molecule has 0 heterocycles. The SMILES string of the molecule is Cc1ccc(C)[c]([Sn]([CH3])([CH3])[CH3])c1-c1c(C)ccc(C)[c]1[Sn]([CH3])([CH3])[CH3]. The molecule has 0 N–H and O–H groups in total. The van der Waals surface area contributed by atoms with Crippen molar-refractivity contribution in [3.05, 3.63) is 46.5 Å². The fourth-order valence-corrected chi connectivity index (χ4v) is 17.5. The van der Waals surface area contributed by atoms with Crippen LogP contribution in [0, 0.1) is 27.7 Å². The summed E-state index contributed by atoms with van der Waals surface area (Å²) in [5.74, 6) is 0. The van der Waals surface area contributed by atoms with E-state index in [0.717, 1.165) is 0 Å². The fraction of sp³-hybridized carbons (Fsp3) is 0.455. The summed E-state index contributed by atoms with van der Waals surface area (Å²) in [5, 5.41) is 0. The van der Waals surface area contributed by atoms with Gasteiger partial charge in [-0.15, -0.1) is 0 Å². The Balaban J connectivity index is 3.04. The summed E-state index contributed by atoms with van der Waals surface area (Å²) in [4.78, 5) is 15.4. The van der Waals surface area contributed by atoms with E-state index in [0.29, 0.717) is 0 Å². The molecule has 0 aromatic heterocycles. The van der Waals surface area contributed by atoms with Gasteiger partial charge in [0, 0.05) is 0 Å². The van der Waals surface area contributed by atoms with Crippen molar-refractivity contribution in [1.82, 2.24) is 0 Å². The molecule has 0 bridgehead atoms. The summed E-state index contributed by atoms with van der Waals surface area (Å²) in [6.45, 7) is 9.29. The van der Waals surface area contributed by atoms with Gasteiger partial charge in [-0.1, -0.05) is 0 Å². The molecule has 0 fully saturated rings. The molecule has 0 aliphatic heterocycles. The van der Waals surface area contributed by atoms with Crippen LogP contribution in [-0.4, -0.2) is 36.8 Å². The van der Waals surface area contributed by atoms with Crippen LogP contribution in [0.5, 0.6) is 0 Å². The first-order valence-electron chi connectivity index (χ1n) is 9.07. The Morgan fingerprint density at radius 3 is 0.958 bits per heavy atom. The first-order chi connectivity index (χ1) is 10.9. The molecule has 24 heavy (non-hydrogen) atoms. The van der Waals surface area contributed by atoms with Gasteiger partial charge in [0.05, 0.1) is 0 Å². The molecule has 130 valence electrons.